The number of nitrogen functional groups attached to an aromatic ring is 1. The highest BCUT2D eigenvalue weighted by Gasteiger charge is 2.08. The van der Waals surface area contributed by atoms with Gasteiger partial charge in [-0.25, -0.2) is 4.39 Å². The summed E-state index contributed by atoms with van der Waals surface area (Å²) in [5.41, 5.74) is 8.49. The lowest BCUT2D eigenvalue weighted by Gasteiger charge is -2.12. The summed E-state index contributed by atoms with van der Waals surface area (Å²) in [5, 5.41) is 4.14. The molecule has 0 radical (unpaired) electrons. The van der Waals surface area contributed by atoms with Crippen molar-refractivity contribution in [3.05, 3.63) is 59.0 Å². The highest BCUT2D eigenvalue weighted by atomic mass is 79.9. The summed E-state index contributed by atoms with van der Waals surface area (Å²) in [6.07, 6.45) is 1.72. The topological polar surface area (TPSA) is 50.9 Å². The van der Waals surface area contributed by atoms with Gasteiger partial charge in [0.2, 0.25) is 0 Å². The maximum atomic E-state index is 13.6. The third-order valence-corrected chi connectivity index (χ3v) is 3.60. The predicted molar refractivity (Wildman–Crippen MR) is 83.5 cm³/mol. The molecular weight excluding hydrogens is 321 g/mol. The minimum absolute atomic E-state index is 0.344. The lowest BCUT2D eigenvalue weighted by Crippen LogP contribution is -1.99. The first kappa shape index (κ1) is 12.9. The fraction of sp³-hybridized carbons (Fsp3) is 0. The Morgan fingerprint density at radius 1 is 1.10 bits per heavy atom. The van der Waals surface area contributed by atoms with Crippen molar-refractivity contribution in [2.24, 2.45) is 0 Å². The standard InChI is InChI=1S/C15H11BrFN3/c16-10-7-12(18)14(8-11(10)17)20-13-5-1-3-9-4-2-6-19-15(9)13/h1-8,20H,18H2. The van der Waals surface area contributed by atoms with Crippen LogP contribution in [-0.4, -0.2) is 4.98 Å². The molecule has 1 aromatic heterocycles. The van der Waals surface area contributed by atoms with E-state index in [9.17, 15) is 4.39 Å². The van der Waals surface area contributed by atoms with E-state index in [4.69, 9.17) is 5.73 Å². The number of pyridine rings is 1. The minimum atomic E-state index is -0.366. The molecule has 3 nitrogen and oxygen atoms in total. The zero-order valence-electron chi connectivity index (χ0n) is 10.4. The lowest BCUT2D eigenvalue weighted by atomic mass is 10.2. The van der Waals surface area contributed by atoms with E-state index < -0.39 is 0 Å². The number of rotatable bonds is 2. The molecular formula is C15H11BrFN3. The molecule has 1 heterocycles. The Morgan fingerprint density at radius 2 is 1.90 bits per heavy atom. The summed E-state index contributed by atoms with van der Waals surface area (Å²) in [5.74, 6) is -0.366. The van der Waals surface area contributed by atoms with E-state index in [0.29, 0.717) is 15.8 Å². The number of nitrogens with two attached hydrogens (primary N) is 1. The van der Waals surface area contributed by atoms with Gasteiger partial charge in [-0.05, 0) is 34.1 Å². The quantitative estimate of drug-likeness (QED) is 0.681. The summed E-state index contributed by atoms with van der Waals surface area (Å²) in [7, 11) is 0. The lowest BCUT2D eigenvalue weighted by molar-refractivity contribution is 0.622. The van der Waals surface area contributed by atoms with Gasteiger partial charge in [0.15, 0.2) is 0 Å². The van der Waals surface area contributed by atoms with Gasteiger partial charge in [-0.1, -0.05) is 18.2 Å². The molecule has 0 atom stereocenters. The number of benzene rings is 2. The van der Waals surface area contributed by atoms with Gasteiger partial charge in [0.05, 0.1) is 27.1 Å². The number of halogens is 2. The number of nitrogens with one attached hydrogen (secondary N) is 1. The molecule has 2 aromatic carbocycles. The zero-order valence-corrected chi connectivity index (χ0v) is 12.0. The molecule has 20 heavy (non-hydrogen) atoms. The minimum Gasteiger partial charge on any atom is -0.397 e. The Labute approximate surface area is 123 Å². The third-order valence-electron chi connectivity index (χ3n) is 2.99. The Bertz CT molecular complexity index is 784. The van der Waals surface area contributed by atoms with Gasteiger partial charge in [-0.15, -0.1) is 0 Å². The van der Waals surface area contributed by atoms with Gasteiger partial charge in [0.1, 0.15) is 5.82 Å². The second-order valence-corrected chi connectivity index (χ2v) is 5.21. The van der Waals surface area contributed by atoms with Crippen LogP contribution in [0.15, 0.2) is 53.1 Å². The Kier molecular flexibility index (Phi) is 3.28. The zero-order chi connectivity index (χ0) is 14.1. The van der Waals surface area contributed by atoms with Crippen LogP contribution in [0, 0.1) is 5.82 Å². The van der Waals surface area contributed by atoms with E-state index in [2.05, 4.69) is 26.2 Å². The first-order chi connectivity index (χ1) is 9.65. The van der Waals surface area contributed by atoms with Crippen LogP contribution in [0.3, 0.4) is 0 Å². The maximum absolute atomic E-state index is 13.6. The summed E-state index contributed by atoms with van der Waals surface area (Å²) in [4.78, 5) is 4.34. The average Bonchev–Trinajstić information content (AvgIpc) is 2.45. The molecule has 3 aromatic rings. The van der Waals surface area contributed by atoms with E-state index in [1.807, 2.05) is 30.3 Å². The molecule has 3 rings (SSSR count). The number of hydrogen-bond donors (Lipinski definition) is 2. The van der Waals surface area contributed by atoms with Gasteiger partial charge in [0.25, 0.3) is 0 Å². The number of hydrogen-bond acceptors (Lipinski definition) is 3. The number of anilines is 3. The largest absolute Gasteiger partial charge is 0.397 e. The Hall–Kier alpha value is -2.14. The molecule has 0 aliphatic carbocycles. The van der Waals surface area contributed by atoms with Crippen LogP contribution in [0.25, 0.3) is 10.9 Å². The van der Waals surface area contributed by atoms with Crippen LogP contribution in [0.5, 0.6) is 0 Å². The van der Waals surface area contributed by atoms with Crippen molar-refractivity contribution in [3.63, 3.8) is 0 Å². The fourth-order valence-electron chi connectivity index (χ4n) is 2.02. The fourth-order valence-corrected chi connectivity index (χ4v) is 2.38. The maximum Gasteiger partial charge on any atom is 0.139 e. The van der Waals surface area contributed by atoms with E-state index in [1.54, 1.807) is 6.20 Å². The van der Waals surface area contributed by atoms with Crippen LogP contribution in [0.4, 0.5) is 21.5 Å². The highest BCUT2D eigenvalue weighted by Crippen LogP contribution is 2.31. The van der Waals surface area contributed by atoms with Crippen LogP contribution >= 0.6 is 15.9 Å². The van der Waals surface area contributed by atoms with E-state index in [0.717, 1.165) is 16.6 Å². The van der Waals surface area contributed by atoms with E-state index in [1.165, 1.54) is 12.1 Å². The number of para-hydroxylation sites is 1. The second kappa shape index (κ2) is 5.09. The Balaban J connectivity index is 2.08. The molecule has 0 aliphatic rings. The van der Waals surface area contributed by atoms with Gasteiger partial charge in [0, 0.05) is 17.6 Å². The molecule has 3 N–H and O–H groups in total. The highest BCUT2D eigenvalue weighted by molar-refractivity contribution is 9.10. The molecule has 0 aliphatic heterocycles. The number of nitrogens with zero attached hydrogens (tertiary/aromatic N) is 1. The van der Waals surface area contributed by atoms with E-state index in [-0.39, 0.29) is 5.82 Å². The van der Waals surface area contributed by atoms with E-state index >= 15 is 0 Å². The van der Waals surface area contributed by atoms with Crippen LogP contribution < -0.4 is 11.1 Å². The van der Waals surface area contributed by atoms with Gasteiger partial charge >= 0.3 is 0 Å². The molecule has 0 saturated carbocycles. The third kappa shape index (κ3) is 2.32. The number of fused-ring (bicyclic) bond motifs is 1. The first-order valence-corrected chi connectivity index (χ1v) is 6.80. The van der Waals surface area contributed by atoms with Crippen LogP contribution in [-0.2, 0) is 0 Å². The molecule has 100 valence electrons. The monoisotopic (exact) mass is 331 g/mol. The van der Waals surface area contributed by atoms with Crippen molar-refractivity contribution < 1.29 is 4.39 Å². The normalized spacial score (nSPS) is 10.7. The summed E-state index contributed by atoms with van der Waals surface area (Å²) in [6, 6.07) is 12.5. The average molecular weight is 332 g/mol. The van der Waals surface area contributed by atoms with Crippen molar-refractivity contribution in [3.8, 4) is 0 Å². The van der Waals surface area contributed by atoms with Crippen molar-refractivity contribution in [2.75, 3.05) is 11.1 Å². The van der Waals surface area contributed by atoms with Crippen LogP contribution in [0.2, 0.25) is 0 Å². The molecule has 0 unspecified atom stereocenters. The molecule has 0 amide bonds. The van der Waals surface area contributed by atoms with Gasteiger partial charge in [-0.2, -0.15) is 0 Å². The molecule has 0 saturated heterocycles. The van der Waals surface area contributed by atoms with Crippen molar-refractivity contribution in [2.45, 2.75) is 0 Å². The van der Waals surface area contributed by atoms with Gasteiger partial charge < -0.3 is 11.1 Å². The summed E-state index contributed by atoms with van der Waals surface area (Å²) in [6.45, 7) is 0. The van der Waals surface area contributed by atoms with Crippen molar-refractivity contribution in [1.82, 2.24) is 4.98 Å². The molecule has 0 spiro atoms. The predicted octanol–water partition coefficient (Wildman–Crippen LogP) is 4.46. The van der Waals surface area contributed by atoms with Crippen molar-refractivity contribution in [1.29, 1.82) is 0 Å². The molecule has 0 bridgehead atoms. The SMILES string of the molecule is Nc1cc(Br)c(F)cc1Nc1cccc2cccnc12. The molecule has 5 heteroatoms. The van der Waals surface area contributed by atoms with Gasteiger partial charge in [-0.3, -0.25) is 4.98 Å². The second-order valence-electron chi connectivity index (χ2n) is 4.36. The first-order valence-electron chi connectivity index (χ1n) is 6.00. The van der Waals surface area contributed by atoms with Crippen molar-refractivity contribution >= 4 is 43.9 Å². The van der Waals surface area contributed by atoms with Crippen LogP contribution in [0.1, 0.15) is 0 Å². The Morgan fingerprint density at radius 3 is 2.75 bits per heavy atom. The summed E-state index contributed by atoms with van der Waals surface area (Å²) < 4.78 is 14.0. The number of aromatic nitrogens is 1. The summed E-state index contributed by atoms with van der Waals surface area (Å²) >= 11 is 3.11. The smallest absolute Gasteiger partial charge is 0.139 e. The molecule has 0 fully saturated rings.